The molecule has 0 bridgehead atoms. The van der Waals surface area contributed by atoms with Crippen molar-refractivity contribution in [2.45, 2.75) is 44.9 Å². The van der Waals surface area contributed by atoms with E-state index >= 15 is 0 Å². The van der Waals surface area contributed by atoms with E-state index < -0.39 is 11.4 Å². The number of nitrogens with one attached hydrogen (secondary N) is 2. The van der Waals surface area contributed by atoms with Crippen LogP contribution in [0.2, 0.25) is 5.02 Å². The molecule has 0 aliphatic heterocycles. The molecule has 2 heterocycles. The lowest BCUT2D eigenvalue weighted by atomic mass is 10.1. The highest BCUT2D eigenvalue weighted by Gasteiger charge is 2.29. The molecule has 2 rings (SSSR count). The molecule has 7 heteroatoms. The Hall–Kier alpha value is -1.60. The summed E-state index contributed by atoms with van der Waals surface area (Å²) in [5.74, 6) is 0.551. The Balaban J connectivity index is 2.19. The van der Waals surface area contributed by atoms with Crippen LogP contribution < -0.4 is 10.0 Å². The predicted octanol–water partition coefficient (Wildman–Crippen LogP) is 4.85. The lowest BCUT2D eigenvalue weighted by Gasteiger charge is -2.27. The van der Waals surface area contributed by atoms with Crippen molar-refractivity contribution in [1.29, 1.82) is 0 Å². The Bertz CT molecular complexity index is 746. The summed E-state index contributed by atoms with van der Waals surface area (Å²) in [5.41, 5.74) is 2.61. The first-order valence-electron chi connectivity index (χ1n) is 8.34. The number of pyridine rings is 2. The molecule has 0 aliphatic carbocycles. The third-order valence-corrected chi connectivity index (χ3v) is 5.55. The molecule has 0 amide bonds. The van der Waals surface area contributed by atoms with Crippen molar-refractivity contribution >= 4 is 34.5 Å². The number of rotatable bonds is 7. The molecule has 2 N–H and O–H groups in total. The average molecular weight is 393 g/mol. The SMILES string of the molecule is C=CC[C@@H](N[S+]([O-])C(C)(C)C)c1cnc(Nc2ccc(C)nc2)c(Cl)c1. The van der Waals surface area contributed by atoms with E-state index in [0.29, 0.717) is 17.3 Å². The Morgan fingerprint density at radius 3 is 2.58 bits per heavy atom. The molecule has 2 atom stereocenters. The summed E-state index contributed by atoms with van der Waals surface area (Å²) in [5, 5.41) is 3.64. The maximum atomic E-state index is 12.4. The minimum absolute atomic E-state index is 0.173. The van der Waals surface area contributed by atoms with Crippen LogP contribution in [0.15, 0.2) is 43.2 Å². The fourth-order valence-electron chi connectivity index (χ4n) is 2.14. The molecule has 2 aromatic rings. The van der Waals surface area contributed by atoms with Crippen molar-refractivity contribution in [3.05, 3.63) is 59.5 Å². The first-order chi connectivity index (χ1) is 12.2. The molecule has 0 aliphatic rings. The van der Waals surface area contributed by atoms with Gasteiger partial charge in [-0.05, 0) is 57.9 Å². The molecule has 0 saturated carbocycles. The van der Waals surface area contributed by atoms with E-state index in [0.717, 1.165) is 16.9 Å². The van der Waals surface area contributed by atoms with Gasteiger partial charge in [0.05, 0.1) is 22.9 Å². The van der Waals surface area contributed by atoms with Gasteiger partial charge in [-0.25, -0.2) is 4.98 Å². The second kappa shape index (κ2) is 8.86. The second-order valence-corrected chi connectivity index (χ2v) is 9.39. The molecule has 140 valence electrons. The van der Waals surface area contributed by atoms with Crippen molar-refractivity contribution in [2.75, 3.05) is 5.32 Å². The van der Waals surface area contributed by atoms with Gasteiger partial charge in [-0.2, -0.15) is 0 Å². The van der Waals surface area contributed by atoms with Gasteiger partial charge in [0, 0.05) is 23.3 Å². The summed E-state index contributed by atoms with van der Waals surface area (Å²) in [6.07, 6.45) is 5.87. The number of aryl methyl sites for hydroxylation is 1. The van der Waals surface area contributed by atoms with Gasteiger partial charge in [0.15, 0.2) is 0 Å². The van der Waals surface area contributed by atoms with E-state index in [2.05, 4.69) is 26.6 Å². The number of hydrogen-bond acceptors (Lipinski definition) is 5. The number of halogens is 1. The van der Waals surface area contributed by atoms with Crippen LogP contribution in [0.3, 0.4) is 0 Å². The summed E-state index contributed by atoms with van der Waals surface area (Å²) < 4.78 is 15.2. The van der Waals surface area contributed by atoms with Crippen molar-refractivity contribution in [2.24, 2.45) is 0 Å². The van der Waals surface area contributed by atoms with E-state index in [1.165, 1.54) is 0 Å². The van der Waals surface area contributed by atoms with Gasteiger partial charge < -0.3 is 9.87 Å². The van der Waals surface area contributed by atoms with Crippen LogP contribution in [0.5, 0.6) is 0 Å². The van der Waals surface area contributed by atoms with Crippen molar-refractivity contribution in [3.8, 4) is 0 Å². The molecule has 2 aromatic heterocycles. The Morgan fingerprint density at radius 2 is 2.04 bits per heavy atom. The quantitative estimate of drug-likeness (QED) is 0.520. The Morgan fingerprint density at radius 1 is 1.31 bits per heavy atom. The van der Waals surface area contributed by atoms with Crippen molar-refractivity contribution in [1.82, 2.24) is 14.7 Å². The van der Waals surface area contributed by atoms with Crippen LogP contribution in [-0.4, -0.2) is 19.3 Å². The molecule has 0 fully saturated rings. The monoisotopic (exact) mass is 392 g/mol. The smallest absolute Gasteiger partial charge is 0.149 e. The van der Waals surface area contributed by atoms with Gasteiger partial charge in [0.2, 0.25) is 0 Å². The highest BCUT2D eigenvalue weighted by Crippen LogP contribution is 2.28. The summed E-state index contributed by atoms with van der Waals surface area (Å²) in [4.78, 5) is 8.67. The van der Waals surface area contributed by atoms with E-state index in [-0.39, 0.29) is 10.8 Å². The van der Waals surface area contributed by atoms with Gasteiger partial charge in [-0.3, -0.25) is 4.98 Å². The molecular weight excluding hydrogens is 368 g/mol. The zero-order valence-electron chi connectivity index (χ0n) is 15.5. The van der Waals surface area contributed by atoms with Crippen LogP contribution in [0.1, 0.15) is 44.5 Å². The molecule has 26 heavy (non-hydrogen) atoms. The van der Waals surface area contributed by atoms with Gasteiger partial charge in [-0.1, -0.05) is 17.7 Å². The van der Waals surface area contributed by atoms with Crippen LogP contribution >= 0.6 is 11.6 Å². The largest absolute Gasteiger partial charge is 0.598 e. The first kappa shape index (κ1) is 20.7. The Labute approximate surface area is 163 Å². The molecule has 0 aromatic carbocycles. The van der Waals surface area contributed by atoms with Crippen molar-refractivity contribution < 1.29 is 4.55 Å². The summed E-state index contributed by atoms with van der Waals surface area (Å²) >= 11 is 5.20. The number of aromatic nitrogens is 2. The van der Waals surface area contributed by atoms with E-state index in [1.54, 1.807) is 18.5 Å². The minimum Gasteiger partial charge on any atom is -0.598 e. The number of nitrogens with zero attached hydrogens (tertiary/aromatic N) is 2. The topological polar surface area (TPSA) is 72.9 Å². The third-order valence-electron chi connectivity index (χ3n) is 3.65. The van der Waals surface area contributed by atoms with Crippen LogP contribution in [-0.2, 0) is 11.4 Å². The zero-order valence-corrected chi connectivity index (χ0v) is 17.1. The van der Waals surface area contributed by atoms with E-state index in [4.69, 9.17) is 11.6 Å². The van der Waals surface area contributed by atoms with E-state index in [1.807, 2.05) is 45.9 Å². The second-order valence-electron chi connectivity index (χ2n) is 6.99. The fourth-order valence-corrected chi connectivity index (χ4v) is 3.20. The van der Waals surface area contributed by atoms with Crippen molar-refractivity contribution in [3.63, 3.8) is 0 Å². The molecule has 5 nitrogen and oxygen atoms in total. The maximum Gasteiger partial charge on any atom is 0.149 e. The van der Waals surface area contributed by atoms with Crippen LogP contribution in [0.4, 0.5) is 11.5 Å². The van der Waals surface area contributed by atoms with Gasteiger partial charge in [0.25, 0.3) is 0 Å². The highest BCUT2D eigenvalue weighted by atomic mass is 35.5. The zero-order chi connectivity index (χ0) is 19.3. The molecule has 0 radical (unpaired) electrons. The maximum absolute atomic E-state index is 12.4. The summed E-state index contributed by atoms with van der Waals surface area (Å²) in [6.45, 7) is 11.5. The molecule has 0 spiro atoms. The third kappa shape index (κ3) is 5.71. The number of anilines is 2. The van der Waals surface area contributed by atoms with Crippen LogP contribution in [0.25, 0.3) is 0 Å². The lowest BCUT2D eigenvalue weighted by Crippen LogP contribution is -2.41. The van der Waals surface area contributed by atoms with E-state index in [9.17, 15) is 4.55 Å². The number of hydrogen-bond donors (Lipinski definition) is 2. The summed E-state index contributed by atoms with van der Waals surface area (Å²) in [6, 6.07) is 5.49. The first-order valence-corrected chi connectivity index (χ1v) is 9.87. The minimum atomic E-state index is -1.21. The standard InChI is InChI=1S/C19H25ClN4OS/c1-6-7-17(24-26(25)19(3,4)5)14-10-16(20)18(22-11-14)23-15-9-8-13(2)21-12-15/h6,8-12,17,24H,1,7H2,2-5H3,(H,22,23)/t17-,26?/m1/s1. The predicted molar refractivity (Wildman–Crippen MR) is 110 cm³/mol. The van der Waals surface area contributed by atoms with Gasteiger partial charge in [0.1, 0.15) is 10.6 Å². The Kier molecular flexibility index (Phi) is 7.06. The van der Waals surface area contributed by atoms with Crippen LogP contribution in [0, 0.1) is 6.92 Å². The molecular formula is C19H25ClN4OS. The highest BCUT2D eigenvalue weighted by molar-refractivity contribution is 7.90. The molecule has 0 saturated heterocycles. The summed E-state index contributed by atoms with van der Waals surface area (Å²) in [7, 11) is 0. The van der Waals surface area contributed by atoms with Gasteiger partial charge >= 0.3 is 0 Å². The normalized spacial score (nSPS) is 13.9. The average Bonchev–Trinajstić information content (AvgIpc) is 2.57. The van der Waals surface area contributed by atoms with Gasteiger partial charge in [-0.15, -0.1) is 11.3 Å². The lowest BCUT2D eigenvalue weighted by molar-refractivity contribution is 0.524. The fraction of sp³-hybridized carbons (Fsp3) is 0.368. The molecule has 1 unspecified atom stereocenters.